The summed E-state index contributed by atoms with van der Waals surface area (Å²) in [4.78, 5) is 7.44. The number of halogens is 2. The third kappa shape index (κ3) is 4.44. The summed E-state index contributed by atoms with van der Waals surface area (Å²) >= 11 is 11.7. The van der Waals surface area contributed by atoms with Crippen LogP contribution in [0.5, 0.6) is 0 Å². The molecule has 5 rings (SSSR count). The number of rotatable bonds is 5. The van der Waals surface area contributed by atoms with Crippen LogP contribution >= 0.6 is 23.8 Å². The van der Waals surface area contributed by atoms with E-state index in [1.54, 1.807) is 12.1 Å². The minimum Gasteiger partial charge on any atom is -0.361 e. The first-order chi connectivity index (χ1) is 15.1. The molecule has 4 nitrogen and oxygen atoms in total. The van der Waals surface area contributed by atoms with E-state index in [0.717, 1.165) is 68.9 Å². The Morgan fingerprint density at radius 3 is 2.45 bits per heavy atom. The molecular weight excluding hydrogens is 431 g/mol. The molecule has 164 valence electrons. The monoisotopic (exact) mass is 458 g/mol. The molecule has 0 spiro atoms. The Kier molecular flexibility index (Phi) is 6.15. The van der Waals surface area contributed by atoms with Gasteiger partial charge in [-0.05, 0) is 59.6 Å². The van der Waals surface area contributed by atoms with Gasteiger partial charge in [-0.15, -0.1) is 0 Å². The molecule has 0 amide bonds. The molecule has 7 heteroatoms. The summed E-state index contributed by atoms with van der Waals surface area (Å²) in [6.45, 7) is 8.33. The Balaban J connectivity index is 1.25. The molecule has 2 heterocycles. The first-order valence-corrected chi connectivity index (χ1v) is 11.9. The van der Waals surface area contributed by atoms with Gasteiger partial charge in [-0.1, -0.05) is 29.8 Å². The van der Waals surface area contributed by atoms with Crippen molar-refractivity contribution in [1.29, 1.82) is 0 Å². The summed E-state index contributed by atoms with van der Waals surface area (Å²) in [6.07, 6.45) is 1.02. The lowest BCUT2D eigenvalue weighted by Crippen LogP contribution is -2.49. The normalized spacial score (nSPS) is 24.5. The predicted molar refractivity (Wildman–Crippen MR) is 127 cm³/mol. The molecular formula is C24H28ClFN4S. The lowest BCUT2D eigenvalue weighted by molar-refractivity contribution is 0.0921. The second kappa shape index (κ2) is 9.02. The number of piperazine rings is 1. The zero-order chi connectivity index (χ0) is 21.4. The maximum atomic E-state index is 13.5. The van der Waals surface area contributed by atoms with Gasteiger partial charge < -0.3 is 10.2 Å². The standard InChI is InChI=1S/C24H28ClFN4S/c25-18-3-6-20-22(15-18)21(17-1-4-19(26)5-2-17)16-23(20)29-12-9-28(10-13-29)11-14-30-8-7-27-24(30)31/h1-6,15,21,23H,7-14,16H2,(H,27,31). The fourth-order valence-corrected chi connectivity index (χ4v) is 5.73. The third-order valence-electron chi connectivity index (χ3n) is 6.99. The number of thiocarbonyl (C=S) groups is 1. The van der Waals surface area contributed by atoms with E-state index in [2.05, 4.69) is 32.1 Å². The van der Waals surface area contributed by atoms with Crippen molar-refractivity contribution in [1.82, 2.24) is 20.0 Å². The summed E-state index contributed by atoms with van der Waals surface area (Å²) in [6, 6.07) is 13.7. The highest BCUT2D eigenvalue weighted by Gasteiger charge is 2.36. The smallest absolute Gasteiger partial charge is 0.169 e. The number of nitrogens with zero attached hydrogens (tertiary/aromatic N) is 3. The van der Waals surface area contributed by atoms with E-state index >= 15 is 0 Å². The highest BCUT2D eigenvalue weighted by molar-refractivity contribution is 7.80. The topological polar surface area (TPSA) is 21.8 Å². The van der Waals surface area contributed by atoms with Gasteiger partial charge in [-0.3, -0.25) is 9.80 Å². The molecule has 2 aliphatic heterocycles. The summed E-state index contributed by atoms with van der Waals surface area (Å²) in [7, 11) is 0. The van der Waals surface area contributed by atoms with Crippen LogP contribution in [-0.4, -0.2) is 72.2 Å². The fourth-order valence-electron chi connectivity index (χ4n) is 5.27. The van der Waals surface area contributed by atoms with Crippen LogP contribution in [0.25, 0.3) is 0 Å². The molecule has 2 unspecified atom stereocenters. The lowest BCUT2D eigenvalue weighted by atomic mass is 9.93. The van der Waals surface area contributed by atoms with Gasteiger partial charge in [0, 0.05) is 69.3 Å². The maximum Gasteiger partial charge on any atom is 0.169 e. The second-order valence-electron chi connectivity index (χ2n) is 8.73. The van der Waals surface area contributed by atoms with Crippen molar-refractivity contribution in [3.05, 3.63) is 70.0 Å². The van der Waals surface area contributed by atoms with Crippen LogP contribution < -0.4 is 5.32 Å². The van der Waals surface area contributed by atoms with E-state index in [-0.39, 0.29) is 11.7 Å². The molecule has 2 aromatic rings. The Hall–Kier alpha value is -1.73. The van der Waals surface area contributed by atoms with E-state index < -0.39 is 0 Å². The number of hydrogen-bond donors (Lipinski definition) is 1. The quantitative estimate of drug-likeness (QED) is 0.685. The highest BCUT2D eigenvalue weighted by Crippen LogP contribution is 2.47. The summed E-state index contributed by atoms with van der Waals surface area (Å²) in [5.41, 5.74) is 3.84. The molecule has 0 radical (unpaired) electrons. The molecule has 1 aliphatic carbocycles. The van der Waals surface area contributed by atoms with Gasteiger partial charge in [0.25, 0.3) is 0 Å². The molecule has 0 bridgehead atoms. The number of hydrogen-bond acceptors (Lipinski definition) is 3. The van der Waals surface area contributed by atoms with Crippen molar-refractivity contribution in [3.8, 4) is 0 Å². The minimum atomic E-state index is -0.189. The van der Waals surface area contributed by atoms with Gasteiger partial charge in [0.15, 0.2) is 5.11 Å². The second-order valence-corrected chi connectivity index (χ2v) is 9.55. The molecule has 0 aromatic heterocycles. The number of fused-ring (bicyclic) bond motifs is 1. The molecule has 3 aliphatic rings. The lowest BCUT2D eigenvalue weighted by Gasteiger charge is -2.39. The summed E-state index contributed by atoms with van der Waals surface area (Å²) < 4.78 is 13.5. The van der Waals surface area contributed by atoms with Crippen molar-refractivity contribution in [2.75, 3.05) is 52.4 Å². The average molecular weight is 459 g/mol. The Morgan fingerprint density at radius 1 is 0.968 bits per heavy atom. The number of benzene rings is 2. The van der Waals surface area contributed by atoms with Crippen LogP contribution in [0, 0.1) is 5.82 Å². The van der Waals surface area contributed by atoms with E-state index in [0.29, 0.717) is 6.04 Å². The SMILES string of the molecule is Fc1ccc(C2CC(N3CCN(CCN4CCNC4=S)CC3)c3ccc(Cl)cc32)cc1. The molecule has 2 atom stereocenters. The van der Waals surface area contributed by atoms with Gasteiger partial charge in [-0.2, -0.15) is 0 Å². The van der Waals surface area contributed by atoms with Crippen LogP contribution in [0.2, 0.25) is 5.02 Å². The van der Waals surface area contributed by atoms with E-state index in [1.165, 1.54) is 16.7 Å². The Morgan fingerprint density at radius 2 is 1.74 bits per heavy atom. The fraction of sp³-hybridized carbons (Fsp3) is 0.458. The van der Waals surface area contributed by atoms with Crippen molar-refractivity contribution in [2.24, 2.45) is 0 Å². The van der Waals surface area contributed by atoms with Crippen LogP contribution in [0.1, 0.15) is 35.1 Å². The molecule has 2 fully saturated rings. The van der Waals surface area contributed by atoms with Gasteiger partial charge in [0.05, 0.1) is 0 Å². The van der Waals surface area contributed by atoms with E-state index in [1.807, 2.05) is 18.2 Å². The average Bonchev–Trinajstić information content (AvgIpc) is 3.36. The van der Waals surface area contributed by atoms with Crippen molar-refractivity contribution in [3.63, 3.8) is 0 Å². The van der Waals surface area contributed by atoms with Crippen molar-refractivity contribution >= 4 is 28.9 Å². The maximum absolute atomic E-state index is 13.5. The molecule has 31 heavy (non-hydrogen) atoms. The van der Waals surface area contributed by atoms with Gasteiger partial charge in [-0.25, -0.2) is 4.39 Å². The van der Waals surface area contributed by atoms with Crippen molar-refractivity contribution < 1.29 is 4.39 Å². The third-order valence-corrected chi connectivity index (χ3v) is 7.63. The van der Waals surface area contributed by atoms with Gasteiger partial charge in [0.1, 0.15) is 5.82 Å². The van der Waals surface area contributed by atoms with E-state index in [4.69, 9.17) is 23.8 Å². The first kappa shape index (κ1) is 21.1. The zero-order valence-electron chi connectivity index (χ0n) is 17.6. The van der Waals surface area contributed by atoms with Crippen LogP contribution in [0.3, 0.4) is 0 Å². The largest absolute Gasteiger partial charge is 0.361 e. The van der Waals surface area contributed by atoms with Crippen molar-refractivity contribution in [2.45, 2.75) is 18.4 Å². The Bertz CT molecular complexity index is 945. The van der Waals surface area contributed by atoms with Gasteiger partial charge in [0.2, 0.25) is 0 Å². The zero-order valence-corrected chi connectivity index (χ0v) is 19.1. The van der Waals surface area contributed by atoms with Crippen LogP contribution in [-0.2, 0) is 0 Å². The van der Waals surface area contributed by atoms with Crippen LogP contribution in [0.4, 0.5) is 4.39 Å². The van der Waals surface area contributed by atoms with E-state index in [9.17, 15) is 4.39 Å². The number of nitrogens with one attached hydrogen (secondary N) is 1. The molecule has 2 saturated heterocycles. The molecule has 1 N–H and O–H groups in total. The summed E-state index contributed by atoms with van der Waals surface area (Å²) in [5.74, 6) is 0.0761. The molecule has 0 saturated carbocycles. The predicted octanol–water partition coefficient (Wildman–Crippen LogP) is 3.86. The Labute approximate surface area is 194 Å². The minimum absolute atomic E-state index is 0.189. The highest BCUT2D eigenvalue weighted by atomic mass is 35.5. The summed E-state index contributed by atoms with van der Waals surface area (Å²) in [5, 5.41) is 4.90. The molecule has 2 aromatic carbocycles. The first-order valence-electron chi connectivity index (χ1n) is 11.1. The van der Waals surface area contributed by atoms with Crippen LogP contribution in [0.15, 0.2) is 42.5 Å². The van der Waals surface area contributed by atoms with Gasteiger partial charge >= 0.3 is 0 Å².